The Labute approximate surface area is 148 Å². The van der Waals surface area contributed by atoms with Gasteiger partial charge in [-0.1, -0.05) is 24.3 Å². The van der Waals surface area contributed by atoms with Gasteiger partial charge in [0.15, 0.2) is 18.2 Å². The zero-order valence-electron chi connectivity index (χ0n) is 13.8. The maximum atomic E-state index is 13.6. The summed E-state index contributed by atoms with van der Waals surface area (Å²) in [6, 6.07) is 10.6. The lowest BCUT2D eigenvalue weighted by Gasteiger charge is -2.23. The van der Waals surface area contributed by atoms with Crippen LogP contribution in [0.4, 0.5) is 17.6 Å². The van der Waals surface area contributed by atoms with Crippen LogP contribution in [0.1, 0.15) is 24.0 Å². The Morgan fingerprint density at radius 3 is 2.31 bits per heavy atom. The van der Waals surface area contributed by atoms with Gasteiger partial charge in [-0.2, -0.15) is 13.2 Å². The van der Waals surface area contributed by atoms with Crippen molar-refractivity contribution in [3.8, 4) is 5.75 Å². The number of carbonyl (C=O) groups is 1. The van der Waals surface area contributed by atoms with Gasteiger partial charge in [0.25, 0.3) is 5.91 Å². The van der Waals surface area contributed by atoms with E-state index in [4.69, 9.17) is 4.74 Å². The first-order valence-corrected chi connectivity index (χ1v) is 8.17. The average Bonchev–Trinajstić information content (AvgIpc) is 3.43. The lowest BCUT2D eigenvalue weighted by molar-refractivity contribution is -0.138. The lowest BCUT2D eigenvalue weighted by Crippen LogP contribution is -2.36. The van der Waals surface area contributed by atoms with Crippen LogP contribution in [0.3, 0.4) is 0 Å². The van der Waals surface area contributed by atoms with Crippen LogP contribution in [0.25, 0.3) is 0 Å². The molecule has 1 amide bonds. The van der Waals surface area contributed by atoms with Crippen LogP contribution >= 0.6 is 0 Å². The predicted molar refractivity (Wildman–Crippen MR) is 86.9 cm³/mol. The molecule has 0 N–H and O–H groups in total. The topological polar surface area (TPSA) is 29.5 Å². The number of amides is 1. The number of para-hydroxylation sites is 1. The molecule has 1 aliphatic rings. The minimum atomic E-state index is -4.39. The van der Waals surface area contributed by atoms with E-state index in [1.54, 1.807) is 11.0 Å². The third-order valence-electron chi connectivity index (χ3n) is 4.13. The number of ether oxygens (including phenoxy) is 1. The molecule has 3 rings (SSSR count). The van der Waals surface area contributed by atoms with Crippen molar-refractivity contribution >= 4 is 5.91 Å². The van der Waals surface area contributed by atoms with Crippen LogP contribution in [0.5, 0.6) is 5.75 Å². The van der Waals surface area contributed by atoms with E-state index in [2.05, 4.69) is 0 Å². The number of nitrogens with zero attached hydrogens (tertiary/aromatic N) is 1. The number of halogens is 4. The van der Waals surface area contributed by atoms with Gasteiger partial charge >= 0.3 is 6.18 Å². The second-order valence-electron chi connectivity index (χ2n) is 6.17. The molecule has 0 radical (unpaired) electrons. The summed E-state index contributed by atoms with van der Waals surface area (Å²) in [6.07, 6.45) is -2.71. The first kappa shape index (κ1) is 18.2. The standard InChI is InChI=1S/C19H17F4NO2/c20-16-3-1-2-4-17(16)26-12-18(25)24(15-9-10-15)11-13-5-7-14(8-6-13)19(21,22)23/h1-8,15H,9-12H2. The van der Waals surface area contributed by atoms with Crippen molar-refractivity contribution in [1.82, 2.24) is 4.90 Å². The molecule has 2 aromatic carbocycles. The van der Waals surface area contributed by atoms with Gasteiger partial charge in [-0.05, 0) is 42.7 Å². The van der Waals surface area contributed by atoms with Gasteiger partial charge in [0.2, 0.25) is 0 Å². The van der Waals surface area contributed by atoms with Gasteiger partial charge < -0.3 is 9.64 Å². The number of hydrogen-bond acceptors (Lipinski definition) is 2. The van der Waals surface area contributed by atoms with Gasteiger partial charge in [0.1, 0.15) is 0 Å². The molecule has 7 heteroatoms. The van der Waals surface area contributed by atoms with Crippen molar-refractivity contribution in [2.45, 2.75) is 31.6 Å². The minimum Gasteiger partial charge on any atom is -0.481 e. The van der Waals surface area contributed by atoms with Crippen molar-refractivity contribution in [1.29, 1.82) is 0 Å². The van der Waals surface area contributed by atoms with Crippen LogP contribution in [0.2, 0.25) is 0 Å². The zero-order chi connectivity index (χ0) is 18.7. The molecule has 2 aromatic rings. The Hall–Kier alpha value is -2.57. The maximum Gasteiger partial charge on any atom is 0.416 e. The summed E-state index contributed by atoms with van der Waals surface area (Å²) in [7, 11) is 0. The first-order valence-electron chi connectivity index (χ1n) is 8.17. The molecule has 26 heavy (non-hydrogen) atoms. The SMILES string of the molecule is O=C(COc1ccccc1F)N(Cc1ccc(C(F)(F)F)cc1)C1CC1. The number of rotatable bonds is 6. The normalized spacial score (nSPS) is 14.2. The molecule has 0 bridgehead atoms. The molecule has 1 saturated carbocycles. The Bertz CT molecular complexity index is 770. The number of carbonyl (C=O) groups excluding carboxylic acids is 1. The summed E-state index contributed by atoms with van der Waals surface area (Å²) in [6.45, 7) is -0.125. The molecule has 138 valence electrons. The molecule has 0 saturated heterocycles. The molecular formula is C19H17F4NO2. The molecule has 0 heterocycles. The largest absolute Gasteiger partial charge is 0.481 e. The second-order valence-corrected chi connectivity index (χ2v) is 6.17. The quantitative estimate of drug-likeness (QED) is 0.708. The third-order valence-corrected chi connectivity index (χ3v) is 4.13. The minimum absolute atomic E-state index is 0.00822. The smallest absolute Gasteiger partial charge is 0.416 e. The van der Waals surface area contributed by atoms with Crippen molar-refractivity contribution in [3.63, 3.8) is 0 Å². The Balaban J connectivity index is 1.64. The fourth-order valence-electron chi connectivity index (χ4n) is 2.59. The van der Waals surface area contributed by atoms with Crippen molar-refractivity contribution in [2.24, 2.45) is 0 Å². The Morgan fingerprint density at radius 2 is 1.73 bits per heavy atom. The Morgan fingerprint density at radius 1 is 1.08 bits per heavy atom. The highest BCUT2D eigenvalue weighted by atomic mass is 19.4. The highest BCUT2D eigenvalue weighted by Gasteiger charge is 2.33. The molecule has 0 unspecified atom stereocenters. The molecule has 0 spiro atoms. The summed E-state index contributed by atoms with van der Waals surface area (Å²) in [5.74, 6) is -0.886. The van der Waals surface area contributed by atoms with E-state index < -0.39 is 17.6 Å². The highest BCUT2D eigenvalue weighted by Crippen LogP contribution is 2.31. The molecule has 0 aliphatic heterocycles. The summed E-state index contributed by atoms with van der Waals surface area (Å²) >= 11 is 0. The predicted octanol–water partition coefficient (Wildman–Crippen LogP) is 4.41. The number of hydrogen-bond donors (Lipinski definition) is 0. The molecule has 0 aromatic heterocycles. The zero-order valence-corrected chi connectivity index (χ0v) is 13.8. The molecule has 1 fully saturated rings. The van der Waals surface area contributed by atoms with E-state index in [-0.39, 0.29) is 30.9 Å². The summed E-state index contributed by atoms with van der Waals surface area (Å²) in [4.78, 5) is 14.0. The van der Waals surface area contributed by atoms with Gasteiger partial charge in [-0.3, -0.25) is 4.79 Å². The average molecular weight is 367 g/mol. The second kappa shape index (κ2) is 7.35. The molecule has 3 nitrogen and oxygen atoms in total. The molecule has 1 aliphatic carbocycles. The van der Waals surface area contributed by atoms with Crippen LogP contribution in [0.15, 0.2) is 48.5 Å². The van der Waals surface area contributed by atoms with Crippen molar-refractivity contribution in [2.75, 3.05) is 6.61 Å². The highest BCUT2D eigenvalue weighted by molar-refractivity contribution is 5.78. The van der Waals surface area contributed by atoms with Gasteiger partial charge in [-0.15, -0.1) is 0 Å². The maximum absolute atomic E-state index is 13.6. The third kappa shape index (κ3) is 4.53. The van der Waals surface area contributed by atoms with Crippen LogP contribution in [-0.2, 0) is 17.5 Å². The van der Waals surface area contributed by atoms with Gasteiger partial charge in [-0.25, -0.2) is 4.39 Å². The van der Waals surface area contributed by atoms with E-state index in [0.717, 1.165) is 25.0 Å². The van der Waals surface area contributed by atoms with E-state index in [0.29, 0.717) is 5.56 Å². The molecular weight excluding hydrogens is 350 g/mol. The van der Waals surface area contributed by atoms with Crippen LogP contribution < -0.4 is 4.74 Å². The number of benzene rings is 2. The van der Waals surface area contributed by atoms with E-state index in [9.17, 15) is 22.4 Å². The van der Waals surface area contributed by atoms with Crippen LogP contribution in [0, 0.1) is 5.82 Å². The van der Waals surface area contributed by atoms with E-state index in [1.165, 1.54) is 30.3 Å². The van der Waals surface area contributed by atoms with Crippen LogP contribution in [-0.4, -0.2) is 23.5 Å². The van der Waals surface area contributed by atoms with Crippen molar-refractivity contribution < 1.29 is 27.1 Å². The van der Waals surface area contributed by atoms with Gasteiger partial charge in [0.05, 0.1) is 5.56 Å². The fourth-order valence-corrected chi connectivity index (χ4v) is 2.59. The summed E-state index contributed by atoms with van der Waals surface area (Å²) in [5, 5.41) is 0. The first-order chi connectivity index (χ1) is 12.3. The summed E-state index contributed by atoms with van der Waals surface area (Å²) < 4.78 is 56.7. The van der Waals surface area contributed by atoms with E-state index >= 15 is 0 Å². The lowest BCUT2D eigenvalue weighted by atomic mass is 10.1. The Kier molecular flexibility index (Phi) is 5.15. The molecule has 0 atom stereocenters. The van der Waals surface area contributed by atoms with Gasteiger partial charge in [0, 0.05) is 12.6 Å². The summed E-state index contributed by atoms with van der Waals surface area (Å²) in [5.41, 5.74) is -0.127. The number of alkyl halides is 3. The fraction of sp³-hybridized carbons (Fsp3) is 0.316. The van der Waals surface area contributed by atoms with Crippen molar-refractivity contribution in [3.05, 3.63) is 65.5 Å². The van der Waals surface area contributed by atoms with E-state index in [1.807, 2.05) is 0 Å². The monoisotopic (exact) mass is 367 g/mol.